The van der Waals surface area contributed by atoms with Crippen LogP contribution in [0.5, 0.6) is 0 Å². The molecule has 346 valence electrons. The number of aromatic nitrogens is 1. The van der Waals surface area contributed by atoms with Gasteiger partial charge in [-0.1, -0.05) is 138 Å². The van der Waals surface area contributed by atoms with Gasteiger partial charge in [0.15, 0.2) is 12.2 Å². The molecule has 13 heteroatoms. The van der Waals surface area contributed by atoms with Gasteiger partial charge in [-0.25, -0.2) is 9.78 Å². The Kier molecular flexibility index (Phi) is 25.0. The highest BCUT2D eigenvalue weighted by molar-refractivity contribution is 5.82. The van der Waals surface area contributed by atoms with E-state index in [9.17, 15) is 35.4 Å². The third-order valence-corrected chi connectivity index (χ3v) is 10.7. The van der Waals surface area contributed by atoms with Crippen LogP contribution in [-0.2, 0) is 23.7 Å². The van der Waals surface area contributed by atoms with Crippen LogP contribution >= 0.6 is 0 Å². The first-order valence-corrected chi connectivity index (χ1v) is 21.4. The van der Waals surface area contributed by atoms with Crippen LogP contribution in [0.25, 0.3) is 6.08 Å². The molecule has 13 nitrogen and oxygen atoms in total. The van der Waals surface area contributed by atoms with E-state index in [2.05, 4.69) is 4.98 Å². The summed E-state index contributed by atoms with van der Waals surface area (Å²) >= 11 is 0. The van der Waals surface area contributed by atoms with Gasteiger partial charge in [0.2, 0.25) is 0 Å². The van der Waals surface area contributed by atoms with Crippen molar-refractivity contribution in [2.24, 2.45) is 23.7 Å². The van der Waals surface area contributed by atoms with Gasteiger partial charge in [0, 0.05) is 44.5 Å². The van der Waals surface area contributed by atoms with Gasteiger partial charge in [0.1, 0.15) is 30.3 Å². The van der Waals surface area contributed by atoms with Gasteiger partial charge in [-0.2, -0.15) is 0 Å². The van der Waals surface area contributed by atoms with Crippen molar-refractivity contribution in [3.8, 4) is 0 Å². The quantitative estimate of drug-likeness (QED) is 0.0989. The SMILES string of the molecule is COC1CC(O)C=CC=CC=CC(C)C(C(C)C(O)CC(C)O)OC(=O)C=CC=CC=CC(C)=CC(C)C(OC(O)C(OC)C(O)C(O)C(C)C)C=CC=Cc2coc(n2)C1C. The van der Waals surface area contributed by atoms with Crippen molar-refractivity contribution >= 4 is 12.0 Å². The van der Waals surface area contributed by atoms with E-state index in [1.54, 1.807) is 108 Å². The molecule has 0 saturated heterocycles. The van der Waals surface area contributed by atoms with Crippen LogP contribution in [0, 0.1) is 23.7 Å². The molecule has 0 fully saturated rings. The van der Waals surface area contributed by atoms with Crippen LogP contribution in [0.2, 0.25) is 0 Å². The number of aliphatic hydroxyl groups is 6. The topological polar surface area (TPSA) is 201 Å². The summed E-state index contributed by atoms with van der Waals surface area (Å²) in [6.45, 7) is 14.5. The third kappa shape index (κ3) is 19.2. The van der Waals surface area contributed by atoms with Gasteiger partial charge in [0.05, 0.1) is 42.5 Å². The maximum Gasteiger partial charge on any atom is 0.331 e. The highest BCUT2D eigenvalue weighted by Crippen LogP contribution is 2.27. The van der Waals surface area contributed by atoms with Crippen molar-refractivity contribution in [1.29, 1.82) is 0 Å². The zero-order chi connectivity index (χ0) is 46.4. The zero-order valence-corrected chi connectivity index (χ0v) is 38.0. The first-order valence-electron chi connectivity index (χ1n) is 21.4. The number of oxazole rings is 1. The molecule has 1 aromatic heterocycles. The fourth-order valence-electron chi connectivity index (χ4n) is 6.84. The monoisotopic (exact) mass is 868 g/mol. The fraction of sp³-hybridized carbons (Fsp3) is 0.551. The number of allylic oxidation sites excluding steroid dienone is 12. The maximum absolute atomic E-state index is 13.0. The Balaban J connectivity index is 2.50. The Morgan fingerprint density at radius 2 is 1.40 bits per heavy atom. The van der Waals surface area contributed by atoms with E-state index in [-0.39, 0.29) is 36.5 Å². The van der Waals surface area contributed by atoms with Crippen LogP contribution in [0.1, 0.15) is 85.7 Å². The molecule has 0 amide bonds. The van der Waals surface area contributed by atoms with Gasteiger partial charge in [-0.05, 0) is 32.3 Å². The summed E-state index contributed by atoms with van der Waals surface area (Å²) in [5.74, 6) is -1.82. The van der Waals surface area contributed by atoms with E-state index in [1.807, 2.05) is 52.0 Å². The van der Waals surface area contributed by atoms with Crippen LogP contribution < -0.4 is 0 Å². The van der Waals surface area contributed by atoms with Crippen molar-refractivity contribution in [3.05, 3.63) is 121 Å². The number of carbonyl (C=O) groups excluding carboxylic acids is 1. The summed E-state index contributed by atoms with van der Waals surface area (Å²) in [6.07, 6.45) is 21.8. The van der Waals surface area contributed by atoms with Crippen LogP contribution in [-0.4, -0.2) is 117 Å². The third-order valence-electron chi connectivity index (χ3n) is 10.7. The molecule has 1 aromatic rings. The molecule has 0 spiro atoms. The summed E-state index contributed by atoms with van der Waals surface area (Å²) in [7, 11) is 2.89. The number of fused-ring (bicyclic) bond motifs is 2. The Morgan fingerprint density at radius 3 is 2.03 bits per heavy atom. The lowest BCUT2D eigenvalue weighted by Gasteiger charge is -2.33. The number of aliphatic hydroxyl groups excluding tert-OH is 6. The van der Waals surface area contributed by atoms with Gasteiger partial charge in [-0.3, -0.25) is 0 Å². The number of carbonyl (C=O) groups is 1. The van der Waals surface area contributed by atoms with Crippen molar-refractivity contribution < 1.29 is 58.8 Å². The number of ether oxygens (including phenoxy) is 4. The Labute approximate surface area is 368 Å². The molecule has 6 N–H and O–H groups in total. The molecular weight excluding hydrogens is 795 g/mol. The van der Waals surface area contributed by atoms with E-state index >= 15 is 0 Å². The Morgan fingerprint density at radius 1 is 0.790 bits per heavy atom. The average Bonchev–Trinajstić information content (AvgIpc) is 3.70. The van der Waals surface area contributed by atoms with E-state index in [0.29, 0.717) is 11.6 Å². The lowest BCUT2D eigenvalue weighted by molar-refractivity contribution is -0.227. The van der Waals surface area contributed by atoms with E-state index in [1.165, 1.54) is 19.4 Å². The van der Waals surface area contributed by atoms with Gasteiger partial charge < -0.3 is 54.0 Å². The minimum absolute atomic E-state index is 0.128. The van der Waals surface area contributed by atoms with Crippen molar-refractivity contribution in [2.45, 2.75) is 135 Å². The van der Waals surface area contributed by atoms with Crippen LogP contribution in [0.15, 0.2) is 113 Å². The molecule has 62 heavy (non-hydrogen) atoms. The number of methoxy groups -OCH3 is 2. The molecule has 0 radical (unpaired) electrons. The van der Waals surface area contributed by atoms with Crippen molar-refractivity contribution in [3.63, 3.8) is 0 Å². The largest absolute Gasteiger partial charge is 0.458 e. The molecule has 2 bridgehead atoms. The smallest absolute Gasteiger partial charge is 0.331 e. The fourth-order valence-corrected chi connectivity index (χ4v) is 6.84. The van der Waals surface area contributed by atoms with Crippen LogP contribution in [0.3, 0.4) is 0 Å². The molecule has 1 aliphatic rings. The lowest BCUT2D eigenvalue weighted by Crippen LogP contribution is -2.49. The predicted octanol–water partition coefficient (Wildman–Crippen LogP) is 6.46. The average molecular weight is 868 g/mol. The first-order chi connectivity index (χ1) is 29.4. The summed E-state index contributed by atoms with van der Waals surface area (Å²) < 4.78 is 28.8. The van der Waals surface area contributed by atoms with Gasteiger partial charge >= 0.3 is 5.97 Å². The first kappa shape index (κ1) is 54.1. The number of hydrogen-bond acceptors (Lipinski definition) is 13. The van der Waals surface area contributed by atoms with E-state index in [0.717, 1.165) is 5.57 Å². The molecule has 14 unspecified atom stereocenters. The molecule has 0 saturated carbocycles. The van der Waals surface area contributed by atoms with Gasteiger partial charge in [-0.15, -0.1) is 0 Å². The molecule has 14 atom stereocenters. The number of rotatable bonds is 12. The highest BCUT2D eigenvalue weighted by Gasteiger charge is 2.36. The standard InChI is InChI=1S/C49H73NO12/c1-31(2)44(55)45(56)47(59-10)49(57)61-41-25-20-19-23-38-30-60-48(50-38)37(8)42(58-9)29-39(52)24-17-13-12-16-22-33(4)46(36(7)40(53)28-35(6)51)62-43(54)26-18-14-11-15-21-32(3)27-34(41)5/h11-27,30-31,33-37,39-42,44-47,49,51-53,55-57H,28-29H2,1-10H3. The Hall–Kier alpha value is -4.02. The van der Waals surface area contributed by atoms with Crippen LogP contribution in [0.4, 0.5) is 0 Å². The second-order valence-corrected chi connectivity index (χ2v) is 16.4. The second-order valence-electron chi connectivity index (χ2n) is 16.4. The normalized spacial score (nSPS) is 27.5. The summed E-state index contributed by atoms with van der Waals surface area (Å²) in [5.41, 5.74) is 1.43. The lowest BCUT2D eigenvalue weighted by atomic mass is 9.86. The molecule has 2 rings (SSSR count). The molecule has 2 heterocycles. The molecule has 0 aromatic carbocycles. The molecule has 1 aliphatic heterocycles. The Bertz CT molecular complexity index is 1720. The maximum atomic E-state index is 13.0. The minimum Gasteiger partial charge on any atom is -0.458 e. The summed E-state index contributed by atoms with van der Waals surface area (Å²) in [6, 6.07) is 0. The minimum atomic E-state index is -1.59. The van der Waals surface area contributed by atoms with E-state index < -0.39 is 73.1 Å². The van der Waals surface area contributed by atoms with Gasteiger partial charge in [0.25, 0.3) is 0 Å². The number of nitrogens with zero attached hydrogens (tertiary/aromatic N) is 1. The second kappa shape index (κ2) is 28.6. The number of hydrogen-bond donors (Lipinski definition) is 6. The van der Waals surface area contributed by atoms with Crippen molar-refractivity contribution in [1.82, 2.24) is 4.98 Å². The number of cyclic esters (lactones) is 1. The van der Waals surface area contributed by atoms with E-state index in [4.69, 9.17) is 23.4 Å². The zero-order valence-electron chi connectivity index (χ0n) is 38.0. The highest BCUT2D eigenvalue weighted by atomic mass is 16.6. The molecular formula is C49H73NO12. The summed E-state index contributed by atoms with van der Waals surface area (Å²) in [4.78, 5) is 17.6. The van der Waals surface area contributed by atoms with Crippen molar-refractivity contribution in [2.75, 3.05) is 14.2 Å². The predicted molar refractivity (Wildman–Crippen MR) is 241 cm³/mol. The summed E-state index contributed by atoms with van der Waals surface area (Å²) in [5, 5.41) is 63.9. The molecule has 0 aliphatic carbocycles. The number of esters is 1.